The number of hydrazone groups is 1. The van der Waals surface area contributed by atoms with Crippen LogP contribution in [0.2, 0.25) is 0 Å². The minimum atomic E-state index is -0.349. The molecule has 0 N–H and O–H groups in total. The Bertz CT molecular complexity index is 1040. The molecule has 0 bridgehead atoms. The molecule has 0 saturated carbocycles. The zero-order valence-corrected chi connectivity index (χ0v) is 16.1. The quantitative estimate of drug-likeness (QED) is 0.604. The Kier molecular flexibility index (Phi) is 4.13. The zero-order chi connectivity index (χ0) is 19.1. The Morgan fingerprint density at radius 2 is 1.96 bits per heavy atom. The van der Waals surface area contributed by atoms with E-state index in [1.807, 2.05) is 41.4 Å². The molecule has 1 aromatic heterocycles. The standard InChI is InChI=1S/C22H18N2O3S/c1-26-22(25)15-10-8-14(9-11-15)21-24-18(16-5-2-3-6-19(16)27-21)13-17(23-24)20-7-4-12-28-20/h2-12,18,21H,13H2,1H3/t18-,21+/m0/s1. The number of esters is 1. The lowest BCUT2D eigenvalue weighted by atomic mass is 9.97. The van der Waals surface area contributed by atoms with Crippen molar-refractivity contribution in [3.63, 3.8) is 0 Å². The molecule has 3 aromatic rings. The molecule has 5 nitrogen and oxygen atoms in total. The minimum absolute atomic E-state index is 0.132. The number of ether oxygens (including phenoxy) is 2. The third-order valence-corrected chi connectivity index (χ3v) is 6.04. The summed E-state index contributed by atoms with van der Waals surface area (Å²) >= 11 is 1.70. The van der Waals surface area contributed by atoms with Crippen LogP contribution in [0, 0.1) is 0 Å². The Hall–Kier alpha value is -3.12. The Morgan fingerprint density at radius 3 is 2.71 bits per heavy atom. The first-order valence-electron chi connectivity index (χ1n) is 9.08. The van der Waals surface area contributed by atoms with E-state index >= 15 is 0 Å². The molecule has 0 saturated heterocycles. The highest BCUT2D eigenvalue weighted by Gasteiger charge is 2.41. The first-order chi connectivity index (χ1) is 13.7. The lowest BCUT2D eigenvalue weighted by molar-refractivity contribution is -0.0190. The van der Waals surface area contributed by atoms with Crippen LogP contribution in [-0.2, 0) is 4.74 Å². The molecule has 2 atom stereocenters. The summed E-state index contributed by atoms with van der Waals surface area (Å²) in [5.41, 5.74) is 3.70. The summed E-state index contributed by atoms with van der Waals surface area (Å²) in [4.78, 5) is 12.9. The monoisotopic (exact) mass is 390 g/mol. The van der Waals surface area contributed by atoms with Crippen molar-refractivity contribution in [3.05, 3.63) is 87.6 Å². The van der Waals surface area contributed by atoms with Gasteiger partial charge in [-0.25, -0.2) is 9.80 Å². The van der Waals surface area contributed by atoms with Crippen LogP contribution in [0.1, 0.15) is 45.1 Å². The maximum atomic E-state index is 11.7. The van der Waals surface area contributed by atoms with Gasteiger partial charge in [0.15, 0.2) is 0 Å². The fraction of sp³-hybridized carbons (Fsp3) is 0.182. The third-order valence-electron chi connectivity index (χ3n) is 5.12. The van der Waals surface area contributed by atoms with E-state index in [9.17, 15) is 4.79 Å². The Labute approximate surface area is 166 Å². The van der Waals surface area contributed by atoms with Crippen LogP contribution in [-0.4, -0.2) is 23.8 Å². The van der Waals surface area contributed by atoms with E-state index in [0.29, 0.717) is 5.56 Å². The van der Waals surface area contributed by atoms with E-state index in [2.05, 4.69) is 17.5 Å². The van der Waals surface area contributed by atoms with E-state index in [1.54, 1.807) is 23.5 Å². The first-order valence-corrected chi connectivity index (χ1v) is 9.96. The molecule has 2 aliphatic heterocycles. The number of benzene rings is 2. The molecule has 0 unspecified atom stereocenters. The summed E-state index contributed by atoms with van der Waals surface area (Å²) in [5, 5.41) is 9.04. The number of methoxy groups -OCH3 is 1. The normalized spacial score (nSPS) is 20.0. The summed E-state index contributed by atoms with van der Waals surface area (Å²) in [7, 11) is 1.38. The van der Waals surface area contributed by atoms with Gasteiger partial charge in [0.05, 0.1) is 29.3 Å². The second-order valence-electron chi connectivity index (χ2n) is 6.75. The van der Waals surface area contributed by atoms with Crippen molar-refractivity contribution in [1.29, 1.82) is 0 Å². The van der Waals surface area contributed by atoms with Crippen molar-refractivity contribution in [1.82, 2.24) is 5.01 Å². The molecular weight excluding hydrogens is 372 g/mol. The number of carbonyl (C=O) groups is 1. The summed E-state index contributed by atoms with van der Waals surface area (Å²) in [6.07, 6.45) is 0.501. The van der Waals surface area contributed by atoms with Crippen molar-refractivity contribution in [2.24, 2.45) is 5.10 Å². The van der Waals surface area contributed by atoms with Gasteiger partial charge in [0, 0.05) is 17.5 Å². The predicted octanol–water partition coefficient (Wildman–Crippen LogP) is 4.78. The number of nitrogens with zero attached hydrogens (tertiary/aromatic N) is 2. The van der Waals surface area contributed by atoms with E-state index in [1.165, 1.54) is 12.0 Å². The van der Waals surface area contributed by atoms with Crippen LogP contribution in [0.5, 0.6) is 5.75 Å². The second-order valence-corrected chi connectivity index (χ2v) is 7.69. The molecule has 0 amide bonds. The van der Waals surface area contributed by atoms with Crippen molar-refractivity contribution in [2.45, 2.75) is 18.7 Å². The molecule has 3 heterocycles. The van der Waals surface area contributed by atoms with Gasteiger partial charge < -0.3 is 9.47 Å². The van der Waals surface area contributed by atoms with E-state index < -0.39 is 0 Å². The van der Waals surface area contributed by atoms with Crippen molar-refractivity contribution in [2.75, 3.05) is 7.11 Å². The number of para-hydroxylation sites is 1. The Balaban J connectivity index is 1.54. The molecule has 2 aromatic carbocycles. The fourth-order valence-corrected chi connectivity index (χ4v) is 4.47. The SMILES string of the molecule is COC(=O)c1ccc([C@H]2Oc3ccccc3[C@@H]3CC(c4cccs4)=NN23)cc1. The smallest absolute Gasteiger partial charge is 0.337 e. The number of hydrogen-bond acceptors (Lipinski definition) is 6. The third kappa shape index (κ3) is 2.77. The molecule has 2 aliphatic rings. The van der Waals surface area contributed by atoms with Crippen molar-refractivity contribution >= 4 is 23.0 Å². The van der Waals surface area contributed by atoms with Gasteiger partial charge in [-0.3, -0.25) is 0 Å². The van der Waals surface area contributed by atoms with Crippen LogP contribution in [0.4, 0.5) is 0 Å². The summed E-state index contributed by atoms with van der Waals surface area (Å²) in [6.45, 7) is 0. The lowest BCUT2D eigenvalue weighted by Crippen LogP contribution is -2.33. The van der Waals surface area contributed by atoms with Gasteiger partial charge in [-0.05, 0) is 29.6 Å². The topological polar surface area (TPSA) is 51.1 Å². The van der Waals surface area contributed by atoms with Crippen LogP contribution >= 0.6 is 11.3 Å². The lowest BCUT2D eigenvalue weighted by Gasteiger charge is -2.38. The van der Waals surface area contributed by atoms with E-state index in [4.69, 9.17) is 14.6 Å². The maximum absolute atomic E-state index is 11.7. The molecule has 140 valence electrons. The van der Waals surface area contributed by atoms with Gasteiger partial charge in [0.2, 0.25) is 6.23 Å². The molecule has 6 heteroatoms. The van der Waals surface area contributed by atoms with Gasteiger partial charge in [-0.2, -0.15) is 5.10 Å². The number of hydrogen-bond donors (Lipinski definition) is 0. The largest absolute Gasteiger partial charge is 0.465 e. The summed E-state index contributed by atoms with van der Waals surface area (Å²) in [6, 6.07) is 19.8. The maximum Gasteiger partial charge on any atom is 0.337 e. The summed E-state index contributed by atoms with van der Waals surface area (Å²) < 4.78 is 11.1. The van der Waals surface area contributed by atoms with Crippen molar-refractivity contribution < 1.29 is 14.3 Å². The zero-order valence-electron chi connectivity index (χ0n) is 15.2. The van der Waals surface area contributed by atoms with Gasteiger partial charge in [-0.15, -0.1) is 11.3 Å². The fourth-order valence-electron chi connectivity index (χ4n) is 3.75. The molecule has 0 radical (unpaired) electrons. The van der Waals surface area contributed by atoms with Crippen LogP contribution in [0.15, 0.2) is 71.1 Å². The van der Waals surface area contributed by atoms with E-state index in [-0.39, 0.29) is 18.2 Å². The number of thiophene rings is 1. The average molecular weight is 390 g/mol. The van der Waals surface area contributed by atoms with Crippen LogP contribution < -0.4 is 4.74 Å². The van der Waals surface area contributed by atoms with Gasteiger partial charge in [-0.1, -0.05) is 36.4 Å². The van der Waals surface area contributed by atoms with Gasteiger partial charge in [0.1, 0.15) is 5.75 Å². The average Bonchev–Trinajstić information content (AvgIpc) is 3.42. The van der Waals surface area contributed by atoms with E-state index in [0.717, 1.165) is 29.0 Å². The molecule has 5 rings (SSSR count). The number of carbonyl (C=O) groups excluding carboxylic acids is 1. The van der Waals surface area contributed by atoms with Crippen LogP contribution in [0.25, 0.3) is 0 Å². The second kappa shape index (κ2) is 6.80. The molecule has 0 fully saturated rings. The van der Waals surface area contributed by atoms with Gasteiger partial charge >= 0.3 is 5.97 Å². The highest BCUT2D eigenvalue weighted by atomic mass is 32.1. The highest BCUT2D eigenvalue weighted by Crippen LogP contribution is 2.47. The highest BCUT2D eigenvalue weighted by molar-refractivity contribution is 7.12. The first kappa shape index (κ1) is 17.0. The van der Waals surface area contributed by atoms with Crippen molar-refractivity contribution in [3.8, 4) is 5.75 Å². The molecular formula is C22H18N2O3S. The molecule has 0 aliphatic carbocycles. The van der Waals surface area contributed by atoms with Crippen LogP contribution in [0.3, 0.4) is 0 Å². The minimum Gasteiger partial charge on any atom is -0.465 e. The number of fused-ring (bicyclic) bond motifs is 3. The summed E-state index contributed by atoms with van der Waals surface area (Å²) in [5.74, 6) is 0.534. The predicted molar refractivity (Wildman–Crippen MR) is 108 cm³/mol. The number of rotatable bonds is 3. The van der Waals surface area contributed by atoms with Gasteiger partial charge in [0.25, 0.3) is 0 Å². The Morgan fingerprint density at radius 1 is 1.14 bits per heavy atom. The molecule has 0 spiro atoms. The molecule has 28 heavy (non-hydrogen) atoms.